The van der Waals surface area contributed by atoms with Gasteiger partial charge in [0.15, 0.2) is 5.82 Å². The normalized spacial score (nSPS) is 32.9. The van der Waals surface area contributed by atoms with E-state index in [4.69, 9.17) is 14.2 Å². The van der Waals surface area contributed by atoms with E-state index in [-0.39, 0.29) is 22.9 Å². The lowest BCUT2D eigenvalue weighted by molar-refractivity contribution is -0.152. The van der Waals surface area contributed by atoms with Crippen molar-refractivity contribution in [2.24, 2.45) is 23.2 Å². The Morgan fingerprint density at radius 1 is 1.16 bits per heavy atom. The van der Waals surface area contributed by atoms with E-state index in [9.17, 15) is 15.0 Å². The SMILES string of the molecule is C=C1/C(=C\C=C2/CCC[C@]3(C)[C@@H]([C@H](C)CC[C@H](OC(=O)CCCC)C4(c5nc(CCC)no5)CC4)CC[C@@H]23)C[C@@H](O)C[C@@H]1O. The summed E-state index contributed by atoms with van der Waals surface area (Å²) in [6.07, 6.45) is 17.7. The summed E-state index contributed by atoms with van der Waals surface area (Å²) in [6, 6.07) is 0. The Labute approximate surface area is 264 Å². The number of carbonyl (C=O) groups excluding carboxylic acids is 1. The van der Waals surface area contributed by atoms with Crippen molar-refractivity contribution < 1.29 is 24.3 Å². The second-order valence-electron chi connectivity index (χ2n) is 14.7. The third-order valence-corrected chi connectivity index (χ3v) is 11.7. The molecule has 4 saturated carbocycles. The van der Waals surface area contributed by atoms with Gasteiger partial charge in [-0.25, -0.2) is 0 Å². The summed E-state index contributed by atoms with van der Waals surface area (Å²) in [4.78, 5) is 17.7. The first kappa shape index (κ1) is 33.1. The maximum Gasteiger partial charge on any atom is 0.306 e. The molecule has 44 heavy (non-hydrogen) atoms. The number of aromatic nitrogens is 2. The zero-order chi connectivity index (χ0) is 31.5. The minimum Gasteiger partial charge on any atom is -0.461 e. The summed E-state index contributed by atoms with van der Waals surface area (Å²) in [5, 5.41) is 24.7. The fourth-order valence-electron chi connectivity index (χ4n) is 8.87. The van der Waals surface area contributed by atoms with Crippen molar-refractivity contribution in [3.63, 3.8) is 0 Å². The molecule has 0 amide bonds. The van der Waals surface area contributed by atoms with Crippen molar-refractivity contribution >= 4 is 5.97 Å². The number of hydrogen-bond acceptors (Lipinski definition) is 7. The Hall–Kier alpha value is -2.25. The van der Waals surface area contributed by atoms with Crippen molar-refractivity contribution in [2.45, 2.75) is 154 Å². The Morgan fingerprint density at radius 2 is 1.95 bits per heavy atom. The summed E-state index contributed by atoms with van der Waals surface area (Å²) >= 11 is 0. The van der Waals surface area contributed by atoms with Crippen LogP contribution >= 0.6 is 0 Å². The van der Waals surface area contributed by atoms with Gasteiger partial charge in [0, 0.05) is 19.3 Å². The van der Waals surface area contributed by atoms with Crippen molar-refractivity contribution in [2.75, 3.05) is 0 Å². The van der Waals surface area contributed by atoms with Crippen LogP contribution in [-0.4, -0.2) is 44.6 Å². The molecule has 0 aromatic carbocycles. The molecule has 2 N–H and O–H groups in total. The summed E-state index contributed by atoms with van der Waals surface area (Å²) in [5.74, 6) is 2.99. The maximum atomic E-state index is 12.9. The predicted octanol–water partition coefficient (Wildman–Crippen LogP) is 7.71. The van der Waals surface area contributed by atoms with Crippen LogP contribution in [0.3, 0.4) is 0 Å². The minimum atomic E-state index is -0.653. The molecule has 1 aromatic heterocycles. The van der Waals surface area contributed by atoms with Crippen LogP contribution in [-0.2, 0) is 21.4 Å². The van der Waals surface area contributed by atoms with Crippen LogP contribution in [0.4, 0.5) is 0 Å². The van der Waals surface area contributed by atoms with Gasteiger partial charge < -0.3 is 19.5 Å². The van der Waals surface area contributed by atoms with Gasteiger partial charge in [-0.1, -0.05) is 63.6 Å². The van der Waals surface area contributed by atoms with Crippen LogP contribution in [0.25, 0.3) is 0 Å². The van der Waals surface area contributed by atoms with Crippen LogP contribution in [0.15, 0.2) is 40.0 Å². The Kier molecular flexibility index (Phi) is 10.6. The van der Waals surface area contributed by atoms with Crippen LogP contribution in [0.1, 0.15) is 136 Å². The Morgan fingerprint density at radius 3 is 2.68 bits per heavy atom. The fourth-order valence-corrected chi connectivity index (χ4v) is 8.87. The molecule has 4 aliphatic carbocycles. The lowest BCUT2D eigenvalue weighted by Gasteiger charge is -2.44. The molecular formula is C37H56N2O5. The zero-order valence-corrected chi connectivity index (χ0v) is 27.7. The number of hydrogen-bond donors (Lipinski definition) is 2. The number of allylic oxidation sites excluding steroid dienone is 3. The molecule has 4 aliphatic rings. The van der Waals surface area contributed by atoms with E-state index in [1.165, 1.54) is 31.3 Å². The number of nitrogens with zero attached hydrogens (tertiary/aromatic N) is 2. The quantitative estimate of drug-likeness (QED) is 0.221. The van der Waals surface area contributed by atoms with Gasteiger partial charge in [0.25, 0.3) is 0 Å². The van der Waals surface area contributed by atoms with Crippen molar-refractivity contribution in [3.8, 4) is 0 Å². The Bertz CT molecular complexity index is 1230. The number of aryl methyl sites for hydroxylation is 1. The molecule has 0 spiro atoms. The second-order valence-corrected chi connectivity index (χ2v) is 14.7. The molecule has 5 rings (SSSR count). The molecule has 0 bridgehead atoms. The standard InChI is InChI=1S/C37H56N2O5/c1-6-8-12-34(42)43-32(37(20-21-37)35-38-33(10-7-2)39-44-35)18-13-24(3)29-16-17-30-26(11-9-19-36(29,30)5)14-15-27-22-28(40)23-31(41)25(27)4/h14-15,24,28-32,40-41H,4,6-13,16-23H2,1-3,5H3/b26-14+,27-15-/t24-,28-,29-,30+,31+,32+,36-/m1/s1. The van der Waals surface area contributed by atoms with E-state index in [2.05, 4.69) is 51.6 Å². The molecule has 0 unspecified atom stereocenters. The van der Waals surface area contributed by atoms with Crippen LogP contribution in [0.2, 0.25) is 0 Å². The Balaban J connectivity index is 1.28. The highest BCUT2D eigenvalue weighted by atomic mass is 16.5. The topological polar surface area (TPSA) is 106 Å². The van der Waals surface area contributed by atoms with Crippen LogP contribution < -0.4 is 0 Å². The molecule has 0 saturated heterocycles. The van der Waals surface area contributed by atoms with Crippen LogP contribution in [0.5, 0.6) is 0 Å². The first-order valence-corrected chi connectivity index (χ1v) is 17.6. The molecular weight excluding hydrogens is 552 g/mol. The highest BCUT2D eigenvalue weighted by Crippen LogP contribution is 2.60. The molecule has 7 nitrogen and oxygen atoms in total. The zero-order valence-electron chi connectivity index (χ0n) is 27.7. The van der Waals surface area contributed by atoms with Gasteiger partial charge >= 0.3 is 5.97 Å². The fraction of sp³-hybridized carbons (Fsp3) is 0.757. The van der Waals surface area contributed by atoms with E-state index in [0.717, 1.165) is 74.8 Å². The van der Waals surface area contributed by atoms with Crippen molar-refractivity contribution in [3.05, 3.63) is 47.2 Å². The van der Waals surface area contributed by atoms with E-state index < -0.39 is 12.2 Å². The third kappa shape index (κ3) is 6.94. The summed E-state index contributed by atoms with van der Waals surface area (Å²) in [5.41, 5.74) is 3.17. The van der Waals surface area contributed by atoms with Gasteiger partial charge in [0.2, 0.25) is 5.89 Å². The highest BCUT2D eigenvalue weighted by Gasteiger charge is 2.57. The number of unbranched alkanes of at least 4 members (excludes halogenated alkanes) is 1. The number of rotatable bonds is 13. The van der Waals surface area contributed by atoms with Crippen LogP contribution in [0, 0.1) is 23.2 Å². The maximum absolute atomic E-state index is 12.9. The van der Waals surface area contributed by atoms with Crippen molar-refractivity contribution in [1.29, 1.82) is 0 Å². The van der Waals surface area contributed by atoms with E-state index in [0.29, 0.717) is 42.9 Å². The predicted molar refractivity (Wildman–Crippen MR) is 172 cm³/mol. The summed E-state index contributed by atoms with van der Waals surface area (Å²) in [6.45, 7) is 13.2. The first-order chi connectivity index (χ1) is 21.1. The van der Waals surface area contributed by atoms with E-state index in [1.54, 1.807) is 0 Å². The number of esters is 1. The average Bonchev–Trinajstić information content (AvgIpc) is 3.52. The number of aliphatic hydroxyl groups is 2. The molecule has 7 atom stereocenters. The summed E-state index contributed by atoms with van der Waals surface area (Å²) in [7, 11) is 0. The van der Waals surface area contributed by atoms with Gasteiger partial charge in [-0.2, -0.15) is 4.98 Å². The molecule has 0 radical (unpaired) electrons. The van der Waals surface area contributed by atoms with Gasteiger partial charge in [-0.3, -0.25) is 4.79 Å². The smallest absolute Gasteiger partial charge is 0.306 e. The van der Waals surface area contributed by atoms with Gasteiger partial charge in [-0.05, 0) is 111 Å². The first-order valence-electron chi connectivity index (χ1n) is 17.6. The van der Waals surface area contributed by atoms with E-state index in [1.807, 2.05) is 0 Å². The lowest BCUT2D eigenvalue weighted by atomic mass is 9.60. The number of aliphatic hydroxyl groups excluding tert-OH is 2. The van der Waals surface area contributed by atoms with Gasteiger partial charge in [0.1, 0.15) is 6.10 Å². The molecule has 1 heterocycles. The largest absolute Gasteiger partial charge is 0.461 e. The number of ether oxygens (including phenoxy) is 1. The van der Waals surface area contributed by atoms with Crippen molar-refractivity contribution in [1.82, 2.24) is 10.1 Å². The second kappa shape index (κ2) is 14.0. The highest BCUT2D eigenvalue weighted by molar-refractivity contribution is 5.69. The third-order valence-electron chi connectivity index (χ3n) is 11.7. The lowest BCUT2D eigenvalue weighted by Crippen LogP contribution is -2.37. The molecule has 0 aliphatic heterocycles. The number of carbonyl (C=O) groups is 1. The van der Waals surface area contributed by atoms with E-state index >= 15 is 0 Å². The molecule has 7 heteroatoms. The van der Waals surface area contributed by atoms with Gasteiger partial charge in [0.05, 0.1) is 17.6 Å². The average molecular weight is 609 g/mol. The summed E-state index contributed by atoms with van der Waals surface area (Å²) < 4.78 is 12.0. The molecule has 4 fully saturated rings. The molecule has 244 valence electrons. The van der Waals surface area contributed by atoms with Gasteiger partial charge in [-0.15, -0.1) is 0 Å². The minimum absolute atomic E-state index is 0.103. The monoisotopic (exact) mass is 608 g/mol. The number of fused-ring (bicyclic) bond motifs is 1. The molecule has 1 aromatic rings.